The summed E-state index contributed by atoms with van der Waals surface area (Å²) in [6.07, 6.45) is 4.87. The summed E-state index contributed by atoms with van der Waals surface area (Å²) in [4.78, 5) is 20.3. The number of hydrogen-bond acceptors (Lipinski definition) is 5. The Labute approximate surface area is 155 Å². The molecule has 0 atom stereocenters. The van der Waals surface area contributed by atoms with Gasteiger partial charge < -0.3 is 10.4 Å². The largest absolute Gasteiger partial charge is 0.392 e. The summed E-state index contributed by atoms with van der Waals surface area (Å²) >= 11 is 0. The molecule has 0 aliphatic heterocycles. The molecule has 1 amide bonds. The van der Waals surface area contributed by atoms with E-state index in [4.69, 9.17) is 10.4 Å². The van der Waals surface area contributed by atoms with Crippen LogP contribution in [-0.2, 0) is 13.0 Å². The lowest BCUT2D eigenvalue weighted by Gasteiger charge is -2.07. The third-order valence-corrected chi connectivity index (χ3v) is 3.80. The van der Waals surface area contributed by atoms with E-state index in [1.165, 1.54) is 24.5 Å². The van der Waals surface area contributed by atoms with Gasteiger partial charge >= 0.3 is 0 Å². The van der Waals surface area contributed by atoms with E-state index in [9.17, 15) is 9.18 Å². The minimum atomic E-state index is -0.459. The molecule has 7 heteroatoms. The fraction of sp³-hybridized carbons (Fsp3) is 0.100. The van der Waals surface area contributed by atoms with Crippen molar-refractivity contribution in [3.8, 4) is 6.07 Å². The topological polar surface area (TPSA) is 98.9 Å². The van der Waals surface area contributed by atoms with Gasteiger partial charge in [-0.2, -0.15) is 5.26 Å². The van der Waals surface area contributed by atoms with Crippen LogP contribution in [0.15, 0.2) is 55.0 Å². The number of halogens is 1. The second-order valence-corrected chi connectivity index (χ2v) is 5.88. The predicted molar refractivity (Wildman–Crippen MR) is 96.3 cm³/mol. The van der Waals surface area contributed by atoms with Gasteiger partial charge in [-0.05, 0) is 53.4 Å². The monoisotopic (exact) mass is 362 g/mol. The van der Waals surface area contributed by atoms with Crippen molar-refractivity contribution in [3.05, 3.63) is 88.6 Å². The number of nitriles is 1. The van der Waals surface area contributed by atoms with Crippen LogP contribution < -0.4 is 5.32 Å². The summed E-state index contributed by atoms with van der Waals surface area (Å²) < 4.78 is 13.5. The Morgan fingerprint density at radius 1 is 1.11 bits per heavy atom. The Morgan fingerprint density at radius 3 is 2.67 bits per heavy atom. The van der Waals surface area contributed by atoms with Crippen molar-refractivity contribution >= 4 is 11.7 Å². The molecule has 27 heavy (non-hydrogen) atoms. The molecule has 0 aliphatic carbocycles. The van der Waals surface area contributed by atoms with Gasteiger partial charge in [0.25, 0.3) is 5.91 Å². The van der Waals surface area contributed by atoms with E-state index in [0.29, 0.717) is 28.9 Å². The van der Waals surface area contributed by atoms with Gasteiger partial charge in [-0.3, -0.25) is 9.78 Å². The van der Waals surface area contributed by atoms with Crippen molar-refractivity contribution in [1.82, 2.24) is 9.97 Å². The molecule has 0 saturated carbocycles. The molecule has 3 rings (SSSR count). The first-order valence-corrected chi connectivity index (χ1v) is 8.08. The number of carbonyl (C=O) groups excluding carboxylic acids is 1. The lowest BCUT2D eigenvalue weighted by molar-refractivity contribution is 0.102. The minimum Gasteiger partial charge on any atom is -0.392 e. The maximum atomic E-state index is 13.5. The zero-order chi connectivity index (χ0) is 19.2. The van der Waals surface area contributed by atoms with Crippen molar-refractivity contribution < 1.29 is 14.3 Å². The molecule has 2 aromatic heterocycles. The highest BCUT2D eigenvalue weighted by atomic mass is 19.1. The number of pyridine rings is 2. The van der Waals surface area contributed by atoms with Crippen molar-refractivity contribution in [1.29, 1.82) is 5.26 Å². The third kappa shape index (κ3) is 4.71. The fourth-order valence-corrected chi connectivity index (χ4v) is 2.54. The first kappa shape index (κ1) is 18.2. The number of nitrogens with zero attached hydrogens (tertiary/aromatic N) is 3. The van der Waals surface area contributed by atoms with E-state index in [1.807, 2.05) is 6.07 Å². The quantitative estimate of drug-likeness (QED) is 0.727. The number of aliphatic hydroxyl groups excluding tert-OH is 1. The molecule has 1 aromatic carbocycles. The smallest absolute Gasteiger partial charge is 0.258 e. The van der Waals surface area contributed by atoms with E-state index in [-0.39, 0.29) is 18.1 Å². The van der Waals surface area contributed by atoms with Crippen LogP contribution in [-0.4, -0.2) is 21.0 Å². The summed E-state index contributed by atoms with van der Waals surface area (Å²) in [6, 6.07) is 11.1. The number of hydrogen-bond donors (Lipinski definition) is 2. The highest BCUT2D eigenvalue weighted by Crippen LogP contribution is 2.15. The normalized spacial score (nSPS) is 10.3. The molecule has 6 nitrogen and oxygen atoms in total. The third-order valence-electron chi connectivity index (χ3n) is 3.80. The fourth-order valence-electron chi connectivity index (χ4n) is 2.54. The summed E-state index contributed by atoms with van der Waals surface area (Å²) in [6.45, 7) is -0.200. The van der Waals surface area contributed by atoms with Crippen LogP contribution in [0.1, 0.15) is 32.6 Å². The van der Waals surface area contributed by atoms with Gasteiger partial charge in [0.2, 0.25) is 0 Å². The summed E-state index contributed by atoms with van der Waals surface area (Å²) in [5, 5.41) is 20.7. The molecule has 0 aliphatic rings. The van der Waals surface area contributed by atoms with Gasteiger partial charge in [-0.15, -0.1) is 0 Å². The van der Waals surface area contributed by atoms with Crippen molar-refractivity contribution in [2.45, 2.75) is 13.0 Å². The minimum absolute atomic E-state index is 0.200. The van der Waals surface area contributed by atoms with Crippen LogP contribution in [0.25, 0.3) is 0 Å². The molecule has 0 fully saturated rings. The van der Waals surface area contributed by atoms with Gasteiger partial charge in [0, 0.05) is 18.6 Å². The van der Waals surface area contributed by atoms with Crippen molar-refractivity contribution in [2.75, 3.05) is 5.32 Å². The maximum Gasteiger partial charge on any atom is 0.258 e. The molecule has 0 unspecified atom stereocenters. The Bertz CT molecular complexity index is 1010. The highest BCUT2D eigenvalue weighted by molar-refractivity contribution is 6.03. The van der Waals surface area contributed by atoms with E-state index < -0.39 is 5.82 Å². The second-order valence-electron chi connectivity index (χ2n) is 5.88. The zero-order valence-corrected chi connectivity index (χ0v) is 14.2. The van der Waals surface area contributed by atoms with Crippen LogP contribution >= 0.6 is 0 Å². The number of aromatic nitrogens is 2. The molecule has 0 saturated heterocycles. The maximum absolute atomic E-state index is 13.5. The van der Waals surface area contributed by atoms with Gasteiger partial charge in [0.15, 0.2) is 0 Å². The number of rotatable bonds is 5. The molecule has 2 N–H and O–H groups in total. The molecule has 0 bridgehead atoms. The standard InChI is InChI=1S/C20H15FN4O2/c21-18-6-14(4-15(7-18)8-22)3-13-1-2-19(24-10-13)25-20(27)17-5-16(12-26)9-23-11-17/h1-2,4-7,9-11,26H,3,12H2,(H,24,25,27). The lowest BCUT2D eigenvalue weighted by Crippen LogP contribution is -2.13. The van der Waals surface area contributed by atoms with Crippen molar-refractivity contribution in [2.24, 2.45) is 0 Å². The molecule has 0 spiro atoms. The Morgan fingerprint density at radius 2 is 1.96 bits per heavy atom. The molecule has 2 heterocycles. The summed E-state index contributed by atoms with van der Waals surface area (Å²) in [5.41, 5.74) is 2.60. The molecule has 0 radical (unpaired) electrons. The zero-order valence-electron chi connectivity index (χ0n) is 14.2. The highest BCUT2D eigenvalue weighted by Gasteiger charge is 2.09. The van der Waals surface area contributed by atoms with Gasteiger partial charge in [-0.1, -0.05) is 6.07 Å². The van der Waals surface area contributed by atoms with E-state index in [1.54, 1.807) is 30.5 Å². The van der Waals surface area contributed by atoms with Gasteiger partial charge in [0.1, 0.15) is 11.6 Å². The van der Waals surface area contributed by atoms with E-state index in [2.05, 4.69) is 15.3 Å². The average molecular weight is 362 g/mol. The predicted octanol–water partition coefficient (Wildman–Crippen LogP) is 2.82. The average Bonchev–Trinajstić information content (AvgIpc) is 2.69. The van der Waals surface area contributed by atoms with Crippen LogP contribution in [0, 0.1) is 17.1 Å². The van der Waals surface area contributed by atoms with E-state index in [0.717, 1.165) is 5.56 Å². The second kappa shape index (κ2) is 8.17. The lowest BCUT2D eigenvalue weighted by atomic mass is 10.0. The first-order chi connectivity index (χ1) is 13.1. The van der Waals surface area contributed by atoms with Crippen molar-refractivity contribution in [3.63, 3.8) is 0 Å². The number of carbonyl (C=O) groups is 1. The molecular formula is C20H15FN4O2. The van der Waals surface area contributed by atoms with E-state index >= 15 is 0 Å². The van der Waals surface area contributed by atoms with Crippen LogP contribution in [0.3, 0.4) is 0 Å². The number of amides is 1. The van der Waals surface area contributed by atoms with Crippen LogP contribution in [0.4, 0.5) is 10.2 Å². The Kier molecular flexibility index (Phi) is 5.50. The molecular weight excluding hydrogens is 347 g/mol. The summed E-state index contributed by atoms with van der Waals surface area (Å²) in [7, 11) is 0. The summed E-state index contributed by atoms with van der Waals surface area (Å²) in [5.74, 6) is -0.489. The first-order valence-electron chi connectivity index (χ1n) is 8.08. The number of benzene rings is 1. The van der Waals surface area contributed by atoms with Gasteiger partial charge in [-0.25, -0.2) is 9.37 Å². The SMILES string of the molecule is N#Cc1cc(F)cc(Cc2ccc(NC(=O)c3cncc(CO)c3)nc2)c1. The Balaban J connectivity index is 1.69. The number of anilines is 1. The molecule has 3 aromatic rings. The van der Waals surface area contributed by atoms with Gasteiger partial charge in [0.05, 0.1) is 23.8 Å². The number of nitrogens with one attached hydrogen (secondary N) is 1. The van der Waals surface area contributed by atoms with Crippen LogP contribution in [0.2, 0.25) is 0 Å². The Hall–Kier alpha value is -3.63. The molecule has 134 valence electrons. The number of aliphatic hydroxyl groups is 1. The van der Waals surface area contributed by atoms with Crippen LogP contribution in [0.5, 0.6) is 0 Å².